The van der Waals surface area contributed by atoms with Crippen LogP contribution in [0.1, 0.15) is 5.69 Å². The van der Waals surface area contributed by atoms with E-state index in [4.69, 9.17) is 4.98 Å². The van der Waals surface area contributed by atoms with Gasteiger partial charge in [-0.05, 0) is 18.4 Å². The molecule has 0 atom stereocenters. The summed E-state index contributed by atoms with van der Waals surface area (Å²) in [6.07, 6.45) is 2.02. The van der Waals surface area contributed by atoms with Gasteiger partial charge in [-0.3, -0.25) is 14.6 Å². The van der Waals surface area contributed by atoms with Gasteiger partial charge in [0.25, 0.3) is 0 Å². The first-order chi connectivity index (χ1) is 14.7. The van der Waals surface area contributed by atoms with Crippen molar-refractivity contribution in [2.24, 2.45) is 0 Å². The molecule has 0 unspecified atom stereocenters. The maximum Gasteiger partial charge on any atom is 0.238 e. The third-order valence-corrected chi connectivity index (χ3v) is 6.91. The van der Waals surface area contributed by atoms with Gasteiger partial charge in [0.05, 0.1) is 17.9 Å². The average Bonchev–Trinajstić information content (AvgIpc) is 3.24. The fourth-order valence-corrected chi connectivity index (χ4v) is 4.94. The second kappa shape index (κ2) is 10.2. The summed E-state index contributed by atoms with van der Waals surface area (Å²) in [5, 5.41) is 6.29. The van der Waals surface area contributed by atoms with Crippen molar-refractivity contribution < 1.29 is 4.79 Å². The van der Waals surface area contributed by atoms with Gasteiger partial charge in [-0.15, -0.1) is 23.1 Å². The number of carbonyl (C=O) groups is 1. The molecular formula is C23H26N4OS2. The topological polar surface area (TPSA) is 48.5 Å². The van der Waals surface area contributed by atoms with Crippen molar-refractivity contribution in [2.45, 2.75) is 11.4 Å². The lowest BCUT2D eigenvalue weighted by Gasteiger charge is -2.33. The van der Waals surface area contributed by atoms with Crippen molar-refractivity contribution in [3.8, 4) is 10.6 Å². The van der Waals surface area contributed by atoms with Gasteiger partial charge in [0.15, 0.2) is 0 Å². The van der Waals surface area contributed by atoms with Crippen molar-refractivity contribution >= 4 is 34.7 Å². The van der Waals surface area contributed by atoms with Crippen molar-refractivity contribution in [3.63, 3.8) is 0 Å². The number of hydrogen-bond donors (Lipinski definition) is 1. The van der Waals surface area contributed by atoms with Gasteiger partial charge in [0.2, 0.25) is 5.91 Å². The summed E-state index contributed by atoms with van der Waals surface area (Å²) in [6, 6.07) is 18.3. The largest absolute Gasteiger partial charge is 0.324 e. The molecule has 1 fully saturated rings. The Kier molecular flexibility index (Phi) is 7.17. The third kappa shape index (κ3) is 5.49. The molecular weight excluding hydrogens is 412 g/mol. The van der Waals surface area contributed by atoms with Crippen LogP contribution in [0.15, 0.2) is 64.9 Å². The lowest BCUT2D eigenvalue weighted by molar-refractivity contribution is -0.117. The summed E-state index contributed by atoms with van der Waals surface area (Å²) in [5.41, 5.74) is 3.19. The number of carbonyl (C=O) groups excluding carboxylic acids is 1. The standard InChI is InChI=1S/C23H26N4OS2/c1-29-21-10-6-5-9-20(21)25-22(28)16-27-13-11-26(12-14-27)15-19-17-30-23(24-19)18-7-3-2-4-8-18/h2-10,17H,11-16H2,1H3,(H,25,28). The molecule has 156 valence electrons. The highest BCUT2D eigenvalue weighted by Gasteiger charge is 2.20. The first-order valence-corrected chi connectivity index (χ1v) is 12.2. The second-order valence-corrected chi connectivity index (χ2v) is 9.02. The van der Waals surface area contributed by atoms with Crippen LogP contribution in [0.5, 0.6) is 0 Å². The number of piperazine rings is 1. The summed E-state index contributed by atoms with van der Waals surface area (Å²) in [5.74, 6) is 0.0527. The number of amides is 1. The molecule has 0 aliphatic carbocycles. The molecule has 1 amide bonds. The summed E-state index contributed by atoms with van der Waals surface area (Å²) in [4.78, 5) is 23.0. The predicted octanol–water partition coefficient (Wildman–Crippen LogP) is 4.29. The van der Waals surface area contributed by atoms with Crippen LogP contribution in [0, 0.1) is 0 Å². The Hall–Kier alpha value is -2.19. The van der Waals surface area contributed by atoms with Crippen LogP contribution < -0.4 is 5.32 Å². The van der Waals surface area contributed by atoms with E-state index in [-0.39, 0.29) is 5.91 Å². The predicted molar refractivity (Wildman–Crippen MR) is 126 cm³/mol. The van der Waals surface area contributed by atoms with E-state index in [2.05, 4.69) is 32.6 Å². The van der Waals surface area contributed by atoms with Gasteiger partial charge >= 0.3 is 0 Å². The summed E-state index contributed by atoms with van der Waals surface area (Å²) < 4.78 is 0. The van der Waals surface area contributed by atoms with Crippen LogP contribution in [0.25, 0.3) is 10.6 Å². The molecule has 5 nitrogen and oxygen atoms in total. The van der Waals surface area contributed by atoms with Crippen molar-refractivity contribution in [1.82, 2.24) is 14.8 Å². The number of para-hydroxylation sites is 1. The highest BCUT2D eigenvalue weighted by molar-refractivity contribution is 7.98. The van der Waals surface area contributed by atoms with Crippen LogP contribution in [-0.4, -0.2) is 59.7 Å². The van der Waals surface area contributed by atoms with E-state index >= 15 is 0 Å². The molecule has 0 radical (unpaired) electrons. The van der Waals surface area contributed by atoms with E-state index in [0.717, 1.165) is 54.0 Å². The number of aromatic nitrogens is 1. The molecule has 0 bridgehead atoms. The SMILES string of the molecule is CSc1ccccc1NC(=O)CN1CCN(Cc2csc(-c3ccccc3)n2)CC1. The Morgan fingerprint density at radius 3 is 2.50 bits per heavy atom. The highest BCUT2D eigenvalue weighted by Crippen LogP contribution is 2.25. The van der Waals surface area contributed by atoms with Crippen LogP contribution >= 0.6 is 23.1 Å². The minimum Gasteiger partial charge on any atom is -0.324 e. The highest BCUT2D eigenvalue weighted by atomic mass is 32.2. The monoisotopic (exact) mass is 438 g/mol. The number of anilines is 1. The molecule has 1 saturated heterocycles. The average molecular weight is 439 g/mol. The first-order valence-electron chi connectivity index (χ1n) is 10.1. The van der Waals surface area contributed by atoms with E-state index in [1.807, 2.05) is 48.7 Å². The third-order valence-electron chi connectivity index (χ3n) is 5.17. The van der Waals surface area contributed by atoms with Crippen molar-refractivity contribution in [1.29, 1.82) is 0 Å². The lowest BCUT2D eigenvalue weighted by Crippen LogP contribution is -2.48. The number of nitrogens with one attached hydrogen (secondary N) is 1. The minimum atomic E-state index is 0.0527. The Morgan fingerprint density at radius 1 is 1.03 bits per heavy atom. The fourth-order valence-electron chi connectivity index (χ4n) is 3.57. The van der Waals surface area contributed by atoms with Crippen molar-refractivity contribution in [2.75, 3.05) is 44.3 Å². The molecule has 0 spiro atoms. The Balaban J connectivity index is 1.24. The van der Waals surface area contributed by atoms with Crippen LogP contribution in [0.3, 0.4) is 0 Å². The molecule has 1 aromatic heterocycles. The van der Waals surface area contributed by atoms with E-state index in [1.54, 1.807) is 23.1 Å². The smallest absolute Gasteiger partial charge is 0.238 e. The fraction of sp³-hybridized carbons (Fsp3) is 0.304. The zero-order chi connectivity index (χ0) is 20.8. The minimum absolute atomic E-state index is 0.0527. The molecule has 30 heavy (non-hydrogen) atoms. The molecule has 4 rings (SSSR count). The molecule has 2 heterocycles. The molecule has 0 saturated carbocycles. The maximum absolute atomic E-state index is 12.5. The molecule has 1 aliphatic heterocycles. The summed E-state index contributed by atoms with van der Waals surface area (Å²) >= 11 is 3.35. The summed E-state index contributed by atoms with van der Waals surface area (Å²) in [6.45, 7) is 5.00. The molecule has 1 aliphatic rings. The van der Waals surface area contributed by atoms with Gasteiger partial charge in [-0.2, -0.15) is 0 Å². The van der Waals surface area contributed by atoms with Gasteiger partial charge < -0.3 is 5.32 Å². The van der Waals surface area contributed by atoms with Crippen LogP contribution in [-0.2, 0) is 11.3 Å². The Labute approximate surface area is 186 Å². The zero-order valence-electron chi connectivity index (χ0n) is 17.1. The van der Waals surface area contributed by atoms with E-state index in [9.17, 15) is 4.79 Å². The number of hydrogen-bond acceptors (Lipinski definition) is 6. The van der Waals surface area contributed by atoms with Gasteiger partial charge in [0, 0.05) is 48.6 Å². The lowest BCUT2D eigenvalue weighted by atomic mass is 10.2. The van der Waals surface area contributed by atoms with Gasteiger partial charge in [-0.1, -0.05) is 42.5 Å². The molecule has 3 aromatic rings. The van der Waals surface area contributed by atoms with E-state index < -0.39 is 0 Å². The van der Waals surface area contributed by atoms with Crippen molar-refractivity contribution in [3.05, 3.63) is 65.7 Å². The van der Waals surface area contributed by atoms with Crippen LogP contribution in [0.2, 0.25) is 0 Å². The molecule has 2 aromatic carbocycles. The van der Waals surface area contributed by atoms with E-state index in [0.29, 0.717) is 6.54 Å². The quantitative estimate of drug-likeness (QED) is 0.558. The number of nitrogens with zero attached hydrogens (tertiary/aromatic N) is 3. The maximum atomic E-state index is 12.5. The Bertz CT molecular complexity index is 968. The Morgan fingerprint density at radius 2 is 1.73 bits per heavy atom. The first kappa shape index (κ1) is 21.1. The zero-order valence-corrected chi connectivity index (χ0v) is 18.7. The van der Waals surface area contributed by atoms with E-state index in [1.165, 1.54) is 5.56 Å². The van der Waals surface area contributed by atoms with Gasteiger partial charge in [0.1, 0.15) is 5.01 Å². The summed E-state index contributed by atoms with van der Waals surface area (Å²) in [7, 11) is 0. The second-order valence-electron chi connectivity index (χ2n) is 7.31. The molecule has 7 heteroatoms. The normalized spacial score (nSPS) is 15.2. The number of thioether (sulfide) groups is 1. The number of benzene rings is 2. The van der Waals surface area contributed by atoms with Gasteiger partial charge in [-0.25, -0.2) is 4.98 Å². The number of rotatable bonds is 7. The van der Waals surface area contributed by atoms with Crippen LogP contribution in [0.4, 0.5) is 5.69 Å². The molecule has 1 N–H and O–H groups in total. The number of thiazole rings is 1.